The highest BCUT2D eigenvalue weighted by atomic mass is 35.5. The second-order valence-corrected chi connectivity index (χ2v) is 5.47. The largest absolute Gasteiger partial charge is 0.489 e. The fraction of sp³-hybridized carbons (Fsp3) is 0.188. The third-order valence-electron chi connectivity index (χ3n) is 3.08. The minimum absolute atomic E-state index is 0.272. The number of hydrogen-bond acceptors (Lipinski definition) is 4. The number of ether oxygens (including phenoxy) is 3. The molecule has 0 atom stereocenters. The maximum atomic E-state index is 12.3. The minimum atomic E-state index is -0.564. The Labute approximate surface area is 137 Å². The summed E-state index contributed by atoms with van der Waals surface area (Å²) in [5.74, 6) is 0.618. The number of carbonyl (C=O) groups excluding carboxylic acids is 1. The fourth-order valence-corrected chi connectivity index (χ4v) is 2.47. The summed E-state index contributed by atoms with van der Waals surface area (Å²) >= 11 is 12.1. The van der Waals surface area contributed by atoms with Gasteiger partial charge in [-0.1, -0.05) is 35.3 Å². The molecule has 0 saturated heterocycles. The zero-order valence-electron chi connectivity index (χ0n) is 11.5. The van der Waals surface area contributed by atoms with E-state index < -0.39 is 5.97 Å². The Balaban J connectivity index is 1.88. The average molecular weight is 339 g/mol. The van der Waals surface area contributed by atoms with Gasteiger partial charge >= 0.3 is 5.97 Å². The van der Waals surface area contributed by atoms with Gasteiger partial charge in [0.25, 0.3) is 0 Å². The molecular formula is C16H12Cl2O4. The quantitative estimate of drug-likeness (QED) is 0.602. The maximum Gasteiger partial charge on any atom is 0.343 e. The van der Waals surface area contributed by atoms with E-state index in [2.05, 4.69) is 0 Å². The smallest absolute Gasteiger partial charge is 0.343 e. The summed E-state index contributed by atoms with van der Waals surface area (Å²) < 4.78 is 16.4. The molecule has 0 N–H and O–H groups in total. The van der Waals surface area contributed by atoms with Gasteiger partial charge in [-0.3, -0.25) is 0 Å². The van der Waals surface area contributed by atoms with Crippen molar-refractivity contribution >= 4 is 29.2 Å². The summed E-state index contributed by atoms with van der Waals surface area (Å²) in [6.45, 7) is 1.03. The van der Waals surface area contributed by atoms with Gasteiger partial charge in [0.05, 0.1) is 28.8 Å². The second kappa shape index (κ2) is 6.46. The van der Waals surface area contributed by atoms with Gasteiger partial charge in [-0.15, -0.1) is 0 Å². The first-order valence-corrected chi connectivity index (χ1v) is 7.46. The minimum Gasteiger partial charge on any atom is -0.489 e. The molecule has 1 aliphatic rings. The molecule has 114 valence electrons. The van der Waals surface area contributed by atoms with Crippen molar-refractivity contribution in [3.8, 4) is 17.2 Å². The molecule has 2 aromatic rings. The van der Waals surface area contributed by atoms with Crippen LogP contribution in [0.15, 0.2) is 36.4 Å². The van der Waals surface area contributed by atoms with Crippen LogP contribution in [0.2, 0.25) is 10.0 Å². The summed E-state index contributed by atoms with van der Waals surface area (Å²) in [4.78, 5) is 12.3. The van der Waals surface area contributed by atoms with Crippen molar-refractivity contribution in [1.82, 2.24) is 0 Å². The number of esters is 1. The van der Waals surface area contributed by atoms with Gasteiger partial charge in [0, 0.05) is 6.42 Å². The molecule has 2 aromatic carbocycles. The summed E-state index contributed by atoms with van der Waals surface area (Å²) in [6.07, 6.45) is 0.754. The molecule has 0 amide bonds. The summed E-state index contributed by atoms with van der Waals surface area (Å²) in [6, 6.07) is 9.80. The lowest BCUT2D eigenvalue weighted by molar-refractivity contribution is 0.0734. The summed E-state index contributed by atoms with van der Waals surface area (Å²) in [5.41, 5.74) is 0.272. The van der Waals surface area contributed by atoms with Gasteiger partial charge in [-0.25, -0.2) is 4.79 Å². The molecule has 0 bridgehead atoms. The van der Waals surface area contributed by atoms with E-state index in [9.17, 15) is 4.79 Å². The normalized spacial score (nSPS) is 13.4. The molecule has 0 fully saturated rings. The average Bonchev–Trinajstić information content (AvgIpc) is 2.75. The monoisotopic (exact) mass is 338 g/mol. The van der Waals surface area contributed by atoms with E-state index in [1.807, 2.05) is 0 Å². The van der Waals surface area contributed by atoms with Gasteiger partial charge in [0.1, 0.15) is 5.75 Å². The van der Waals surface area contributed by atoms with Gasteiger partial charge in [0.15, 0.2) is 11.5 Å². The van der Waals surface area contributed by atoms with E-state index in [1.165, 1.54) is 6.07 Å². The number of fused-ring (bicyclic) bond motifs is 1. The lowest BCUT2D eigenvalue weighted by Gasteiger charge is -2.11. The summed E-state index contributed by atoms with van der Waals surface area (Å²) in [5, 5.41) is 0.668. The van der Waals surface area contributed by atoms with Gasteiger partial charge in [-0.2, -0.15) is 0 Å². The van der Waals surface area contributed by atoms with Crippen LogP contribution in [-0.2, 0) is 0 Å². The van der Waals surface area contributed by atoms with Crippen LogP contribution in [0.25, 0.3) is 0 Å². The van der Waals surface area contributed by atoms with E-state index in [1.54, 1.807) is 30.3 Å². The highest BCUT2D eigenvalue weighted by Gasteiger charge is 2.20. The van der Waals surface area contributed by atoms with Crippen molar-refractivity contribution in [3.05, 3.63) is 52.0 Å². The standard InChI is InChI=1S/C16H12Cl2O4/c17-11-4-1-2-5-13(11)22-16(19)10-8-12(18)15-14(9-10)20-6-3-7-21-15/h1-2,4-5,8-9H,3,6-7H2. The predicted molar refractivity (Wildman–Crippen MR) is 83.5 cm³/mol. The molecule has 0 aromatic heterocycles. The van der Waals surface area contributed by atoms with E-state index in [4.69, 9.17) is 37.4 Å². The van der Waals surface area contributed by atoms with Crippen LogP contribution in [-0.4, -0.2) is 19.2 Å². The number of carbonyl (C=O) groups is 1. The first kappa shape index (κ1) is 15.0. The van der Waals surface area contributed by atoms with E-state index >= 15 is 0 Å². The number of benzene rings is 2. The Kier molecular flexibility index (Phi) is 4.41. The molecule has 22 heavy (non-hydrogen) atoms. The third kappa shape index (κ3) is 3.13. The van der Waals surface area contributed by atoms with Crippen LogP contribution in [0.4, 0.5) is 0 Å². The third-order valence-corrected chi connectivity index (χ3v) is 3.67. The lowest BCUT2D eigenvalue weighted by atomic mass is 10.2. The fourth-order valence-electron chi connectivity index (χ4n) is 2.03. The number of rotatable bonds is 2. The van der Waals surface area contributed by atoms with Crippen molar-refractivity contribution in [3.63, 3.8) is 0 Å². The molecule has 1 aliphatic heterocycles. The highest BCUT2D eigenvalue weighted by Crippen LogP contribution is 2.38. The molecular weight excluding hydrogens is 327 g/mol. The van der Waals surface area contributed by atoms with E-state index in [0.29, 0.717) is 34.8 Å². The van der Waals surface area contributed by atoms with Crippen LogP contribution in [0.3, 0.4) is 0 Å². The molecule has 3 rings (SSSR count). The summed E-state index contributed by atoms with van der Waals surface area (Å²) in [7, 11) is 0. The van der Waals surface area contributed by atoms with E-state index in [-0.39, 0.29) is 11.3 Å². The van der Waals surface area contributed by atoms with Crippen LogP contribution in [0.5, 0.6) is 17.2 Å². The number of hydrogen-bond donors (Lipinski definition) is 0. The Morgan fingerprint density at radius 3 is 2.64 bits per heavy atom. The van der Waals surface area contributed by atoms with Crippen molar-refractivity contribution in [2.75, 3.05) is 13.2 Å². The second-order valence-electron chi connectivity index (χ2n) is 4.66. The molecule has 0 unspecified atom stereocenters. The van der Waals surface area contributed by atoms with Crippen LogP contribution in [0.1, 0.15) is 16.8 Å². The Hall–Kier alpha value is -1.91. The first-order chi connectivity index (χ1) is 10.6. The van der Waals surface area contributed by atoms with Gasteiger partial charge < -0.3 is 14.2 Å². The van der Waals surface area contributed by atoms with E-state index in [0.717, 1.165) is 6.42 Å². The maximum absolute atomic E-state index is 12.3. The molecule has 0 saturated carbocycles. The highest BCUT2D eigenvalue weighted by molar-refractivity contribution is 6.33. The van der Waals surface area contributed by atoms with Crippen LogP contribution < -0.4 is 14.2 Å². The number of para-hydroxylation sites is 1. The topological polar surface area (TPSA) is 44.8 Å². The Bertz CT molecular complexity index is 715. The van der Waals surface area contributed by atoms with Crippen molar-refractivity contribution < 1.29 is 19.0 Å². The van der Waals surface area contributed by atoms with Crippen molar-refractivity contribution in [2.45, 2.75) is 6.42 Å². The predicted octanol–water partition coefficient (Wildman–Crippen LogP) is 4.37. The van der Waals surface area contributed by atoms with Crippen LogP contribution in [0, 0.1) is 0 Å². The molecule has 4 nitrogen and oxygen atoms in total. The van der Waals surface area contributed by atoms with Crippen molar-refractivity contribution in [1.29, 1.82) is 0 Å². The van der Waals surface area contributed by atoms with Gasteiger partial charge in [-0.05, 0) is 24.3 Å². The molecule has 0 radical (unpaired) electrons. The molecule has 0 spiro atoms. The van der Waals surface area contributed by atoms with Gasteiger partial charge in [0.2, 0.25) is 0 Å². The number of halogens is 2. The molecule has 6 heteroatoms. The Morgan fingerprint density at radius 2 is 1.82 bits per heavy atom. The SMILES string of the molecule is O=C(Oc1ccccc1Cl)c1cc(Cl)c2c(c1)OCCCO2. The molecule has 0 aliphatic carbocycles. The first-order valence-electron chi connectivity index (χ1n) is 6.71. The van der Waals surface area contributed by atoms with Crippen molar-refractivity contribution in [2.24, 2.45) is 0 Å². The Morgan fingerprint density at radius 1 is 1.05 bits per heavy atom. The lowest BCUT2D eigenvalue weighted by Crippen LogP contribution is -2.09. The van der Waals surface area contributed by atoms with Crippen LogP contribution >= 0.6 is 23.2 Å². The zero-order chi connectivity index (χ0) is 15.5. The molecule has 1 heterocycles. The zero-order valence-corrected chi connectivity index (χ0v) is 13.0.